The highest BCUT2D eigenvalue weighted by Gasteiger charge is 2.25. The van der Waals surface area contributed by atoms with Gasteiger partial charge in [0.25, 0.3) is 0 Å². The van der Waals surface area contributed by atoms with Gasteiger partial charge in [0.05, 0.1) is 0 Å². The molecule has 88 valence electrons. The number of hydrogen-bond donors (Lipinski definition) is 3. The van der Waals surface area contributed by atoms with Crippen molar-refractivity contribution < 1.29 is 14.7 Å². The summed E-state index contributed by atoms with van der Waals surface area (Å²) in [5.41, 5.74) is 5.40. The number of aliphatic carboxylic acids is 1. The Kier molecular flexibility index (Phi) is 5.93. The van der Waals surface area contributed by atoms with E-state index in [1.54, 1.807) is 13.8 Å². The fourth-order valence-electron chi connectivity index (χ4n) is 1.24. The summed E-state index contributed by atoms with van der Waals surface area (Å²) in [6, 6.07) is -0.835. The predicted octanol–water partition coefficient (Wildman–Crippen LogP) is 0.197. The molecule has 2 atom stereocenters. The largest absolute Gasteiger partial charge is 0.480 e. The van der Waals surface area contributed by atoms with Crippen LogP contribution in [0.3, 0.4) is 0 Å². The van der Waals surface area contributed by atoms with Crippen molar-refractivity contribution in [2.45, 2.75) is 33.2 Å². The molecule has 0 aromatic rings. The molecule has 0 aromatic carbocycles. The van der Waals surface area contributed by atoms with Crippen molar-refractivity contribution in [2.24, 2.45) is 17.6 Å². The average Bonchev–Trinajstić information content (AvgIpc) is 2.15. The van der Waals surface area contributed by atoms with Crippen molar-refractivity contribution in [3.63, 3.8) is 0 Å². The fraction of sp³-hybridized carbons (Fsp3) is 0.800. The van der Waals surface area contributed by atoms with Crippen LogP contribution in [0.1, 0.15) is 27.2 Å². The lowest BCUT2D eigenvalue weighted by molar-refractivity contribution is -0.143. The lowest BCUT2D eigenvalue weighted by atomic mass is 10.0. The van der Waals surface area contributed by atoms with Gasteiger partial charge >= 0.3 is 5.97 Å². The van der Waals surface area contributed by atoms with Crippen LogP contribution in [0.15, 0.2) is 0 Å². The van der Waals surface area contributed by atoms with Gasteiger partial charge in [-0.05, 0) is 12.3 Å². The fourth-order valence-corrected chi connectivity index (χ4v) is 1.24. The molecule has 5 heteroatoms. The van der Waals surface area contributed by atoms with Crippen LogP contribution < -0.4 is 11.1 Å². The topological polar surface area (TPSA) is 92.4 Å². The number of amides is 1. The summed E-state index contributed by atoms with van der Waals surface area (Å²) in [5.74, 6) is -1.72. The number of nitrogens with one attached hydrogen (secondary N) is 1. The Morgan fingerprint density at radius 1 is 1.40 bits per heavy atom. The zero-order chi connectivity index (χ0) is 12.0. The molecule has 15 heavy (non-hydrogen) atoms. The summed E-state index contributed by atoms with van der Waals surface area (Å²) in [7, 11) is 0. The Morgan fingerprint density at radius 3 is 2.20 bits per heavy atom. The third-order valence-electron chi connectivity index (χ3n) is 2.38. The average molecular weight is 216 g/mol. The number of carbonyl (C=O) groups excluding carboxylic acids is 1. The van der Waals surface area contributed by atoms with Crippen LogP contribution in [0.5, 0.6) is 0 Å². The first-order valence-electron chi connectivity index (χ1n) is 5.17. The van der Waals surface area contributed by atoms with E-state index in [1.165, 1.54) is 0 Å². The highest BCUT2D eigenvalue weighted by molar-refractivity contribution is 5.85. The first-order chi connectivity index (χ1) is 6.93. The number of carboxylic acids is 1. The molecule has 1 unspecified atom stereocenters. The molecule has 0 spiro atoms. The van der Waals surface area contributed by atoms with E-state index in [9.17, 15) is 9.59 Å². The van der Waals surface area contributed by atoms with Crippen LogP contribution in [-0.4, -0.2) is 29.6 Å². The molecule has 0 aliphatic rings. The number of carboxylic acid groups (broad SMARTS) is 1. The zero-order valence-corrected chi connectivity index (χ0v) is 9.49. The maximum atomic E-state index is 11.6. The van der Waals surface area contributed by atoms with Gasteiger partial charge in [-0.2, -0.15) is 0 Å². The van der Waals surface area contributed by atoms with Crippen LogP contribution in [0.4, 0.5) is 0 Å². The second-order valence-electron chi connectivity index (χ2n) is 3.91. The van der Waals surface area contributed by atoms with Crippen LogP contribution in [0.25, 0.3) is 0 Å². The van der Waals surface area contributed by atoms with Crippen LogP contribution in [0.2, 0.25) is 0 Å². The maximum Gasteiger partial charge on any atom is 0.326 e. The Hall–Kier alpha value is -1.10. The summed E-state index contributed by atoms with van der Waals surface area (Å²) < 4.78 is 0. The minimum absolute atomic E-state index is 0.137. The Morgan fingerprint density at radius 2 is 1.93 bits per heavy atom. The first-order valence-corrected chi connectivity index (χ1v) is 5.17. The normalized spacial score (nSPS) is 14.7. The van der Waals surface area contributed by atoms with E-state index in [2.05, 4.69) is 5.32 Å². The highest BCUT2D eigenvalue weighted by atomic mass is 16.4. The van der Waals surface area contributed by atoms with E-state index in [4.69, 9.17) is 10.8 Å². The monoisotopic (exact) mass is 216 g/mol. The molecule has 0 aromatic heterocycles. The van der Waals surface area contributed by atoms with Crippen LogP contribution >= 0.6 is 0 Å². The summed E-state index contributed by atoms with van der Waals surface area (Å²) >= 11 is 0. The Bertz CT molecular complexity index is 225. The molecule has 0 aliphatic heterocycles. The van der Waals surface area contributed by atoms with Crippen molar-refractivity contribution in [3.05, 3.63) is 0 Å². The molecule has 0 radical (unpaired) electrons. The molecule has 0 saturated carbocycles. The van der Waals surface area contributed by atoms with Crippen molar-refractivity contribution >= 4 is 11.9 Å². The van der Waals surface area contributed by atoms with Gasteiger partial charge in [0.2, 0.25) is 5.91 Å². The Labute approximate surface area is 90.0 Å². The molecule has 0 saturated heterocycles. The molecule has 0 rings (SSSR count). The summed E-state index contributed by atoms with van der Waals surface area (Å²) in [5, 5.41) is 11.4. The van der Waals surface area contributed by atoms with Gasteiger partial charge in [0.15, 0.2) is 0 Å². The van der Waals surface area contributed by atoms with E-state index in [-0.39, 0.29) is 24.3 Å². The third kappa shape index (κ3) is 4.29. The third-order valence-corrected chi connectivity index (χ3v) is 2.38. The molecular weight excluding hydrogens is 196 g/mol. The lowest BCUT2D eigenvalue weighted by Crippen LogP contribution is -2.47. The minimum Gasteiger partial charge on any atom is -0.480 e. The smallest absolute Gasteiger partial charge is 0.326 e. The van der Waals surface area contributed by atoms with Crippen molar-refractivity contribution in [1.82, 2.24) is 5.32 Å². The lowest BCUT2D eigenvalue weighted by Gasteiger charge is -2.20. The van der Waals surface area contributed by atoms with E-state index in [1.807, 2.05) is 6.92 Å². The zero-order valence-electron chi connectivity index (χ0n) is 9.49. The van der Waals surface area contributed by atoms with Crippen molar-refractivity contribution in [3.8, 4) is 0 Å². The van der Waals surface area contributed by atoms with E-state index in [0.29, 0.717) is 6.42 Å². The van der Waals surface area contributed by atoms with E-state index in [0.717, 1.165) is 0 Å². The van der Waals surface area contributed by atoms with Gasteiger partial charge in [-0.3, -0.25) is 4.79 Å². The summed E-state index contributed by atoms with van der Waals surface area (Å²) in [6.07, 6.45) is 0.618. The van der Waals surface area contributed by atoms with Gasteiger partial charge in [0, 0.05) is 12.5 Å². The summed E-state index contributed by atoms with van der Waals surface area (Å²) in [4.78, 5) is 22.4. The van der Waals surface area contributed by atoms with Gasteiger partial charge < -0.3 is 16.2 Å². The second kappa shape index (κ2) is 6.40. The molecule has 0 fully saturated rings. The molecule has 0 heterocycles. The second-order valence-corrected chi connectivity index (χ2v) is 3.91. The molecule has 1 amide bonds. The van der Waals surface area contributed by atoms with Crippen molar-refractivity contribution in [1.29, 1.82) is 0 Å². The van der Waals surface area contributed by atoms with E-state index >= 15 is 0 Å². The van der Waals surface area contributed by atoms with E-state index < -0.39 is 12.0 Å². The molecule has 0 bridgehead atoms. The Balaban J connectivity index is 4.41. The van der Waals surface area contributed by atoms with Gasteiger partial charge in [0.1, 0.15) is 6.04 Å². The number of nitrogens with two attached hydrogens (primary N) is 1. The number of hydrogen-bond acceptors (Lipinski definition) is 3. The SMILES string of the molecule is CCC(CN)C(=O)N[C@@H](C(=O)O)C(C)C. The maximum absolute atomic E-state index is 11.6. The number of rotatable bonds is 6. The quantitative estimate of drug-likeness (QED) is 0.591. The molecule has 5 nitrogen and oxygen atoms in total. The molecular formula is C10H20N2O3. The molecule has 0 aliphatic carbocycles. The van der Waals surface area contributed by atoms with Gasteiger partial charge in [-0.15, -0.1) is 0 Å². The van der Waals surface area contributed by atoms with Crippen LogP contribution in [-0.2, 0) is 9.59 Å². The molecule has 4 N–H and O–H groups in total. The van der Waals surface area contributed by atoms with Gasteiger partial charge in [-0.1, -0.05) is 20.8 Å². The van der Waals surface area contributed by atoms with Gasteiger partial charge in [-0.25, -0.2) is 4.79 Å². The minimum atomic E-state index is -1.01. The summed E-state index contributed by atoms with van der Waals surface area (Å²) in [6.45, 7) is 5.60. The predicted molar refractivity (Wildman–Crippen MR) is 57.2 cm³/mol. The number of carbonyl (C=O) groups is 2. The van der Waals surface area contributed by atoms with Crippen LogP contribution in [0, 0.1) is 11.8 Å². The van der Waals surface area contributed by atoms with Crippen molar-refractivity contribution in [2.75, 3.05) is 6.54 Å². The first kappa shape index (κ1) is 13.9. The standard InChI is InChI=1S/C10H20N2O3/c1-4-7(5-11)9(13)12-8(6(2)3)10(14)15/h6-8H,4-5,11H2,1-3H3,(H,12,13)(H,14,15)/t7?,8-/m1/s1. The highest BCUT2D eigenvalue weighted by Crippen LogP contribution is 2.05.